The van der Waals surface area contributed by atoms with E-state index in [1.165, 1.54) is 0 Å². The third-order valence-corrected chi connectivity index (χ3v) is 3.55. The van der Waals surface area contributed by atoms with Gasteiger partial charge in [0.25, 0.3) is 0 Å². The number of rotatable bonds is 10. The number of carbonyl (C=O) groups excluding carboxylic acids is 1. The lowest BCUT2D eigenvalue weighted by Gasteiger charge is -2.26. The van der Waals surface area contributed by atoms with Crippen molar-refractivity contribution in [2.45, 2.75) is 60.4 Å². The molecule has 4 heteroatoms. The van der Waals surface area contributed by atoms with Gasteiger partial charge < -0.3 is 15.1 Å². The van der Waals surface area contributed by atoms with E-state index in [9.17, 15) is 4.79 Å². The van der Waals surface area contributed by atoms with Crippen molar-refractivity contribution in [2.75, 3.05) is 33.2 Å². The zero-order valence-electron chi connectivity index (χ0n) is 15.3. The van der Waals surface area contributed by atoms with Gasteiger partial charge in [0, 0.05) is 25.7 Å². The maximum absolute atomic E-state index is 12.2. The molecule has 0 spiro atoms. The molecule has 0 aromatic heterocycles. The summed E-state index contributed by atoms with van der Waals surface area (Å²) >= 11 is 0. The topological polar surface area (TPSA) is 35.6 Å². The van der Waals surface area contributed by atoms with Crippen LogP contribution in [0.15, 0.2) is 0 Å². The highest BCUT2D eigenvalue weighted by atomic mass is 16.2. The lowest BCUT2D eigenvalue weighted by atomic mass is 10.1. The van der Waals surface area contributed by atoms with Crippen molar-refractivity contribution >= 4 is 6.03 Å². The van der Waals surface area contributed by atoms with E-state index in [-0.39, 0.29) is 6.03 Å². The third-order valence-electron chi connectivity index (χ3n) is 3.55. The van der Waals surface area contributed by atoms with E-state index in [0.29, 0.717) is 17.9 Å². The van der Waals surface area contributed by atoms with Crippen LogP contribution >= 0.6 is 0 Å². The fraction of sp³-hybridized carbons (Fsp3) is 0.941. The Balaban J connectivity index is 3.97. The van der Waals surface area contributed by atoms with E-state index in [2.05, 4.69) is 58.8 Å². The zero-order chi connectivity index (χ0) is 16.4. The van der Waals surface area contributed by atoms with Crippen molar-refractivity contribution in [1.29, 1.82) is 0 Å². The summed E-state index contributed by atoms with van der Waals surface area (Å²) in [6, 6.07) is 0.682. The first-order chi connectivity index (χ1) is 9.73. The molecule has 0 radical (unpaired) electrons. The van der Waals surface area contributed by atoms with E-state index in [0.717, 1.165) is 39.0 Å². The monoisotopic (exact) mass is 299 g/mol. The number of unbranched alkanes of at least 4 members (excludes halogenated alkanes) is 1. The Morgan fingerprint density at radius 3 is 1.90 bits per heavy atom. The average Bonchev–Trinajstić information content (AvgIpc) is 2.35. The summed E-state index contributed by atoms with van der Waals surface area (Å²) in [5.74, 6) is 1.02. The molecule has 2 amide bonds. The summed E-state index contributed by atoms with van der Waals surface area (Å²) in [4.78, 5) is 16.5. The van der Waals surface area contributed by atoms with Crippen LogP contribution in [-0.4, -0.2) is 55.1 Å². The quantitative estimate of drug-likeness (QED) is 0.627. The van der Waals surface area contributed by atoms with Crippen LogP contribution in [-0.2, 0) is 0 Å². The third kappa shape index (κ3) is 10.6. The van der Waals surface area contributed by atoms with Crippen LogP contribution in [0, 0.1) is 11.8 Å². The van der Waals surface area contributed by atoms with Crippen molar-refractivity contribution in [2.24, 2.45) is 11.8 Å². The van der Waals surface area contributed by atoms with Crippen molar-refractivity contribution in [3.05, 3.63) is 0 Å². The summed E-state index contributed by atoms with van der Waals surface area (Å²) in [7, 11) is 2.15. The van der Waals surface area contributed by atoms with Gasteiger partial charge in [0.2, 0.25) is 0 Å². The predicted molar refractivity (Wildman–Crippen MR) is 91.6 cm³/mol. The summed E-state index contributed by atoms with van der Waals surface area (Å²) in [5.41, 5.74) is 0. The highest BCUT2D eigenvalue weighted by molar-refractivity contribution is 5.74. The largest absolute Gasteiger partial charge is 0.338 e. The first kappa shape index (κ1) is 20.2. The maximum Gasteiger partial charge on any atom is 0.317 e. The second-order valence-electron chi connectivity index (χ2n) is 7.21. The number of hydrogen-bond acceptors (Lipinski definition) is 2. The Bertz CT molecular complexity index is 267. The minimum Gasteiger partial charge on any atom is -0.338 e. The number of urea groups is 1. The Morgan fingerprint density at radius 2 is 1.48 bits per heavy atom. The molecule has 0 aliphatic rings. The number of hydrogen-bond donors (Lipinski definition) is 1. The summed E-state index contributed by atoms with van der Waals surface area (Å²) < 4.78 is 0. The van der Waals surface area contributed by atoms with Gasteiger partial charge in [-0.15, -0.1) is 0 Å². The Morgan fingerprint density at radius 1 is 0.952 bits per heavy atom. The number of nitrogens with one attached hydrogen (secondary N) is 1. The fourth-order valence-electron chi connectivity index (χ4n) is 2.17. The molecule has 1 N–H and O–H groups in total. The van der Waals surface area contributed by atoms with Crippen molar-refractivity contribution < 1.29 is 4.79 Å². The molecule has 0 aromatic rings. The first-order valence-corrected chi connectivity index (χ1v) is 8.47. The van der Waals surface area contributed by atoms with E-state index < -0.39 is 0 Å². The predicted octanol–water partition coefficient (Wildman–Crippen LogP) is 3.43. The Kier molecular flexibility index (Phi) is 10.5. The average molecular weight is 300 g/mol. The van der Waals surface area contributed by atoms with Crippen molar-refractivity contribution in [1.82, 2.24) is 15.1 Å². The summed E-state index contributed by atoms with van der Waals surface area (Å²) in [6.45, 7) is 16.6. The molecule has 0 aliphatic heterocycles. The van der Waals surface area contributed by atoms with Crippen LogP contribution in [0.2, 0.25) is 0 Å². The van der Waals surface area contributed by atoms with Crippen molar-refractivity contribution in [3.63, 3.8) is 0 Å². The van der Waals surface area contributed by atoms with E-state index in [1.54, 1.807) is 0 Å². The van der Waals surface area contributed by atoms with E-state index >= 15 is 0 Å². The highest BCUT2D eigenvalue weighted by Gasteiger charge is 2.15. The molecule has 21 heavy (non-hydrogen) atoms. The van der Waals surface area contributed by atoms with Crippen LogP contribution in [0.5, 0.6) is 0 Å². The fourth-order valence-corrected chi connectivity index (χ4v) is 2.17. The minimum absolute atomic E-state index is 0.0922. The van der Waals surface area contributed by atoms with Crippen LogP contribution in [0.25, 0.3) is 0 Å². The summed E-state index contributed by atoms with van der Waals surface area (Å²) in [6.07, 6.45) is 2.17. The number of amides is 2. The van der Waals surface area contributed by atoms with Gasteiger partial charge >= 0.3 is 6.03 Å². The minimum atomic E-state index is 0.0922. The molecular formula is C17H37N3O. The van der Waals surface area contributed by atoms with Gasteiger partial charge in [-0.05, 0) is 52.1 Å². The normalized spacial score (nSPS) is 11.8. The van der Waals surface area contributed by atoms with Gasteiger partial charge in [-0.1, -0.05) is 27.7 Å². The van der Waals surface area contributed by atoms with Crippen molar-refractivity contribution in [3.8, 4) is 0 Å². The Labute approximate surface area is 132 Å². The molecule has 0 heterocycles. The molecule has 0 aromatic carbocycles. The zero-order valence-corrected chi connectivity index (χ0v) is 15.3. The lowest BCUT2D eigenvalue weighted by Crippen LogP contribution is -2.44. The maximum atomic E-state index is 12.2. The molecule has 0 bridgehead atoms. The molecule has 0 unspecified atom stereocenters. The Hall–Kier alpha value is -0.770. The van der Waals surface area contributed by atoms with Crippen LogP contribution in [0.4, 0.5) is 4.79 Å². The molecule has 0 atom stereocenters. The van der Waals surface area contributed by atoms with Gasteiger partial charge in [0.05, 0.1) is 0 Å². The number of nitrogens with zero attached hydrogens (tertiary/aromatic N) is 2. The summed E-state index contributed by atoms with van der Waals surface area (Å²) in [5, 5.41) is 3.06. The standard InChI is InChI=1S/C17H37N3O/c1-14(2)12-20(13-15(3)4)17(21)18-10-8-9-11-19(7)16(5)6/h14-16H,8-13H2,1-7H3,(H,18,21). The molecule has 0 saturated heterocycles. The van der Waals surface area contributed by atoms with Gasteiger partial charge in [0.15, 0.2) is 0 Å². The molecule has 0 rings (SSSR count). The van der Waals surface area contributed by atoms with Crippen LogP contribution in [0.1, 0.15) is 54.4 Å². The van der Waals surface area contributed by atoms with Gasteiger partial charge in [-0.2, -0.15) is 0 Å². The van der Waals surface area contributed by atoms with Crippen LogP contribution in [0.3, 0.4) is 0 Å². The molecule has 4 nitrogen and oxygen atoms in total. The van der Waals surface area contributed by atoms with E-state index in [4.69, 9.17) is 0 Å². The molecule has 0 aliphatic carbocycles. The first-order valence-electron chi connectivity index (χ1n) is 8.47. The lowest BCUT2D eigenvalue weighted by molar-refractivity contribution is 0.183. The highest BCUT2D eigenvalue weighted by Crippen LogP contribution is 2.04. The number of carbonyl (C=O) groups is 1. The molecular weight excluding hydrogens is 262 g/mol. The smallest absolute Gasteiger partial charge is 0.317 e. The molecule has 0 saturated carbocycles. The SMILES string of the molecule is CC(C)CN(CC(C)C)C(=O)NCCCCN(C)C(C)C. The van der Waals surface area contributed by atoms with Crippen LogP contribution < -0.4 is 5.32 Å². The molecule has 0 fully saturated rings. The van der Waals surface area contributed by atoms with Gasteiger partial charge in [-0.25, -0.2) is 4.79 Å². The second-order valence-corrected chi connectivity index (χ2v) is 7.21. The van der Waals surface area contributed by atoms with Gasteiger partial charge in [0.1, 0.15) is 0 Å². The van der Waals surface area contributed by atoms with E-state index in [1.807, 2.05) is 4.90 Å². The second kappa shape index (κ2) is 10.9. The molecule has 126 valence electrons. The van der Waals surface area contributed by atoms with Gasteiger partial charge in [-0.3, -0.25) is 0 Å².